The molecule has 0 fully saturated rings. The van der Waals surface area contributed by atoms with Gasteiger partial charge in [0.05, 0.1) is 6.42 Å². The fourth-order valence-electron chi connectivity index (χ4n) is 2.30. The second-order valence-corrected chi connectivity index (χ2v) is 5.81. The predicted molar refractivity (Wildman–Crippen MR) is 94.7 cm³/mol. The highest BCUT2D eigenvalue weighted by atomic mass is 19.1. The van der Waals surface area contributed by atoms with Gasteiger partial charge >= 0.3 is 5.97 Å². The van der Waals surface area contributed by atoms with Crippen molar-refractivity contribution < 1.29 is 18.7 Å². The molecule has 132 valence electrons. The van der Waals surface area contributed by atoms with E-state index in [0.717, 1.165) is 19.3 Å². The lowest BCUT2D eigenvalue weighted by Gasteiger charge is -2.08. The molecular weight excluding hydrogens is 321 g/mol. The molecule has 0 saturated heterocycles. The zero-order valence-corrected chi connectivity index (χ0v) is 14.3. The van der Waals surface area contributed by atoms with Crippen molar-refractivity contribution in [1.29, 1.82) is 0 Å². The SMILES string of the molecule is CCCCc1ccc(NC(=O)COC(=O)Cc2ccc(F)cc2)cc1. The van der Waals surface area contributed by atoms with Gasteiger partial charge in [-0.25, -0.2) is 4.39 Å². The van der Waals surface area contributed by atoms with Crippen LogP contribution in [0.4, 0.5) is 10.1 Å². The summed E-state index contributed by atoms with van der Waals surface area (Å²) in [6.07, 6.45) is 3.29. The molecule has 0 spiro atoms. The number of nitrogens with one attached hydrogen (secondary N) is 1. The first-order valence-electron chi connectivity index (χ1n) is 8.35. The third-order valence-corrected chi connectivity index (χ3v) is 3.68. The first-order valence-corrected chi connectivity index (χ1v) is 8.35. The highest BCUT2D eigenvalue weighted by Crippen LogP contribution is 2.12. The number of unbranched alkanes of at least 4 members (excludes halogenated alkanes) is 1. The summed E-state index contributed by atoms with van der Waals surface area (Å²) >= 11 is 0. The van der Waals surface area contributed by atoms with Crippen LogP contribution in [0.1, 0.15) is 30.9 Å². The van der Waals surface area contributed by atoms with Crippen LogP contribution in [-0.4, -0.2) is 18.5 Å². The van der Waals surface area contributed by atoms with Gasteiger partial charge in [0.2, 0.25) is 0 Å². The molecule has 0 heterocycles. The molecule has 5 heteroatoms. The minimum atomic E-state index is -0.531. The lowest BCUT2D eigenvalue weighted by atomic mass is 10.1. The lowest BCUT2D eigenvalue weighted by molar-refractivity contribution is -0.146. The summed E-state index contributed by atoms with van der Waals surface area (Å²) in [4.78, 5) is 23.5. The fraction of sp³-hybridized carbons (Fsp3) is 0.300. The van der Waals surface area contributed by atoms with Crippen LogP contribution in [0.3, 0.4) is 0 Å². The van der Waals surface area contributed by atoms with E-state index in [0.29, 0.717) is 11.3 Å². The van der Waals surface area contributed by atoms with E-state index in [-0.39, 0.29) is 18.8 Å². The second kappa shape index (κ2) is 9.57. The fourth-order valence-corrected chi connectivity index (χ4v) is 2.30. The maximum absolute atomic E-state index is 12.8. The molecular formula is C20H22FNO3. The number of amides is 1. The highest BCUT2D eigenvalue weighted by Gasteiger charge is 2.09. The average Bonchev–Trinajstić information content (AvgIpc) is 2.61. The van der Waals surface area contributed by atoms with E-state index in [1.54, 1.807) is 0 Å². The number of ether oxygens (including phenoxy) is 1. The first kappa shape index (κ1) is 18.6. The number of aryl methyl sites for hydroxylation is 1. The van der Waals surface area contributed by atoms with Crippen molar-refractivity contribution >= 4 is 17.6 Å². The lowest BCUT2D eigenvalue weighted by Crippen LogP contribution is -2.21. The van der Waals surface area contributed by atoms with Crippen LogP contribution < -0.4 is 5.32 Å². The Morgan fingerprint density at radius 1 is 1.00 bits per heavy atom. The maximum atomic E-state index is 12.8. The smallest absolute Gasteiger partial charge is 0.310 e. The van der Waals surface area contributed by atoms with Crippen molar-refractivity contribution in [2.45, 2.75) is 32.6 Å². The maximum Gasteiger partial charge on any atom is 0.310 e. The molecule has 0 aliphatic carbocycles. The molecule has 4 nitrogen and oxygen atoms in total. The van der Waals surface area contributed by atoms with Gasteiger partial charge in [0.15, 0.2) is 6.61 Å². The number of anilines is 1. The quantitative estimate of drug-likeness (QED) is 0.740. The van der Waals surface area contributed by atoms with Crippen molar-refractivity contribution in [2.75, 3.05) is 11.9 Å². The zero-order chi connectivity index (χ0) is 18.1. The zero-order valence-electron chi connectivity index (χ0n) is 14.3. The van der Waals surface area contributed by atoms with Crippen LogP contribution in [0.25, 0.3) is 0 Å². The van der Waals surface area contributed by atoms with E-state index in [4.69, 9.17) is 4.74 Å². The molecule has 0 aliphatic rings. The summed E-state index contributed by atoms with van der Waals surface area (Å²) in [5.74, 6) is -1.29. The number of benzene rings is 2. The second-order valence-electron chi connectivity index (χ2n) is 5.81. The van der Waals surface area contributed by atoms with Crippen molar-refractivity contribution in [2.24, 2.45) is 0 Å². The Balaban J connectivity index is 1.74. The van der Waals surface area contributed by atoms with Crippen molar-refractivity contribution in [3.63, 3.8) is 0 Å². The van der Waals surface area contributed by atoms with Gasteiger partial charge in [-0.05, 0) is 48.2 Å². The van der Waals surface area contributed by atoms with E-state index < -0.39 is 11.9 Å². The number of hydrogen-bond acceptors (Lipinski definition) is 3. The van der Waals surface area contributed by atoms with E-state index >= 15 is 0 Å². The summed E-state index contributed by atoms with van der Waals surface area (Å²) in [6.45, 7) is 1.80. The normalized spacial score (nSPS) is 10.3. The van der Waals surface area contributed by atoms with E-state index in [9.17, 15) is 14.0 Å². The number of esters is 1. The number of carbonyl (C=O) groups is 2. The van der Waals surface area contributed by atoms with Crippen LogP contribution in [0.2, 0.25) is 0 Å². The summed E-state index contributed by atoms with van der Waals surface area (Å²) in [6, 6.07) is 13.2. The number of carbonyl (C=O) groups excluding carboxylic acids is 2. The molecule has 1 amide bonds. The summed E-state index contributed by atoms with van der Waals surface area (Å²) in [7, 11) is 0. The van der Waals surface area contributed by atoms with Gasteiger partial charge < -0.3 is 10.1 Å². The molecule has 2 rings (SSSR count). The minimum Gasteiger partial charge on any atom is -0.455 e. The van der Waals surface area contributed by atoms with Gasteiger partial charge in [-0.3, -0.25) is 9.59 Å². The topological polar surface area (TPSA) is 55.4 Å². The Kier molecular flexibility index (Phi) is 7.14. The molecule has 0 saturated carbocycles. The molecule has 25 heavy (non-hydrogen) atoms. The molecule has 0 atom stereocenters. The Morgan fingerprint density at radius 2 is 1.64 bits per heavy atom. The molecule has 0 radical (unpaired) electrons. The van der Waals surface area contributed by atoms with Crippen molar-refractivity contribution in [3.8, 4) is 0 Å². The molecule has 0 unspecified atom stereocenters. The molecule has 1 N–H and O–H groups in total. The van der Waals surface area contributed by atoms with Gasteiger partial charge in [0.25, 0.3) is 5.91 Å². The monoisotopic (exact) mass is 343 g/mol. The molecule has 2 aromatic rings. The van der Waals surface area contributed by atoms with Crippen LogP contribution in [0, 0.1) is 5.82 Å². The summed E-state index contributed by atoms with van der Waals surface area (Å²) in [5, 5.41) is 2.69. The Morgan fingerprint density at radius 3 is 2.28 bits per heavy atom. The number of halogens is 1. The molecule has 0 aromatic heterocycles. The highest BCUT2D eigenvalue weighted by molar-refractivity contribution is 5.92. The van der Waals surface area contributed by atoms with Crippen molar-refractivity contribution in [1.82, 2.24) is 0 Å². The third-order valence-electron chi connectivity index (χ3n) is 3.68. The third kappa shape index (κ3) is 6.75. The minimum absolute atomic E-state index is 0.000312. The standard InChI is InChI=1S/C20H22FNO3/c1-2-3-4-15-7-11-18(12-8-15)22-19(23)14-25-20(24)13-16-5-9-17(21)10-6-16/h5-12H,2-4,13-14H2,1H3,(H,22,23). The van der Waals surface area contributed by atoms with Gasteiger partial charge in [-0.1, -0.05) is 37.6 Å². The van der Waals surface area contributed by atoms with E-state index in [1.165, 1.54) is 29.8 Å². The Hall–Kier alpha value is -2.69. The number of rotatable bonds is 8. The van der Waals surface area contributed by atoms with Crippen LogP contribution in [-0.2, 0) is 27.2 Å². The van der Waals surface area contributed by atoms with Gasteiger partial charge in [-0.15, -0.1) is 0 Å². The predicted octanol–water partition coefficient (Wildman–Crippen LogP) is 3.89. The van der Waals surface area contributed by atoms with Crippen LogP contribution >= 0.6 is 0 Å². The van der Waals surface area contributed by atoms with Crippen molar-refractivity contribution in [3.05, 3.63) is 65.5 Å². The summed E-state index contributed by atoms with van der Waals surface area (Å²) < 4.78 is 17.7. The Labute approximate surface area is 147 Å². The molecule has 0 bridgehead atoms. The van der Waals surface area contributed by atoms with Gasteiger partial charge in [0.1, 0.15) is 5.82 Å². The van der Waals surface area contributed by atoms with Gasteiger partial charge in [-0.2, -0.15) is 0 Å². The van der Waals surface area contributed by atoms with Gasteiger partial charge in [0, 0.05) is 5.69 Å². The summed E-state index contributed by atoms with van der Waals surface area (Å²) in [5.41, 5.74) is 2.53. The molecule has 2 aromatic carbocycles. The van der Waals surface area contributed by atoms with Crippen LogP contribution in [0.15, 0.2) is 48.5 Å². The number of hydrogen-bond donors (Lipinski definition) is 1. The van der Waals surface area contributed by atoms with E-state index in [2.05, 4.69) is 12.2 Å². The first-order chi connectivity index (χ1) is 12.1. The van der Waals surface area contributed by atoms with E-state index in [1.807, 2.05) is 24.3 Å². The van der Waals surface area contributed by atoms with Crippen LogP contribution in [0.5, 0.6) is 0 Å². The Bertz CT molecular complexity index is 696. The average molecular weight is 343 g/mol. The largest absolute Gasteiger partial charge is 0.455 e. The molecule has 0 aliphatic heterocycles.